The second-order valence-corrected chi connectivity index (χ2v) is 3.24. The Balaban J connectivity index is 3.35. The first-order valence-electron chi connectivity index (χ1n) is 3.87. The van der Waals surface area contributed by atoms with Gasteiger partial charge in [0.2, 0.25) is 0 Å². The second kappa shape index (κ2) is 4.99. The molecule has 4 heteroatoms. The van der Waals surface area contributed by atoms with Gasteiger partial charge >= 0.3 is 5.97 Å². The number of benzene rings is 1. The highest BCUT2D eigenvalue weighted by Crippen LogP contribution is 2.23. The lowest BCUT2D eigenvalue weighted by molar-refractivity contribution is 0.0693. The van der Waals surface area contributed by atoms with Crippen molar-refractivity contribution in [3.05, 3.63) is 33.4 Å². The molecule has 0 fully saturated rings. The van der Waals surface area contributed by atoms with E-state index < -0.39 is 5.97 Å². The van der Waals surface area contributed by atoms with E-state index in [2.05, 4.69) is 0 Å². The number of aromatic carboxylic acids is 1. The molecule has 0 aromatic heterocycles. The molecule has 1 rings (SSSR count). The van der Waals surface area contributed by atoms with Crippen LogP contribution < -0.4 is 4.74 Å². The van der Waals surface area contributed by atoms with E-state index in [1.165, 1.54) is 7.11 Å². The van der Waals surface area contributed by atoms with Gasteiger partial charge in [0.1, 0.15) is 11.3 Å². The minimum Gasteiger partial charge on any atom is -0.496 e. The quantitative estimate of drug-likeness (QED) is 0.874. The Morgan fingerprint density at radius 3 is 2.79 bits per heavy atom. The summed E-state index contributed by atoms with van der Waals surface area (Å²) < 4.78 is 6.74. The van der Waals surface area contributed by atoms with E-state index >= 15 is 0 Å². The number of carboxylic acids is 1. The molecule has 0 aliphatic rings. The average Bonchev–Trinajstić information content (AvgIpc) is 2.17. The monoisotopic (exact) mass is 304 g/mol. The van der Waals surface area contributed by atoms with Gasteiger partial charge in [-0.1, -0.05) is 34.7 Å². The van der Waals surface area contributed by atoms with E-state index in [4.69, 9.17) is 9.84 Å². The zero-order chi connectivity index (χ0) is 10.6. The molecule has 1 aromatic carbocycles. The van der Waals surface area contributed by atoms with Crippen molar-refractivity contribution in [3.8, 4) is 5.75 Å². The molecule has 1 N–H and O–H groups in total. The summed E-state index contributed by atoms with van der Waals surface area (Å²) in [5.41, 5.74) is 0.842. The smallest absolute Gasteiger partial charge is 0.340 e. The SMILES string of the molecule is COc1cccc(C=CI)c1C(=O)O. The number of carbonyl (C=O) groups is 1. The van der Waals surface area contributed by atoms with Crippen molar-refractivity contribution in [2.24, 2.45) is 0 Å². The number of hydrogen-bond donors (Lipinski definition) is 1. The van der Waals surface area contributed by atoms with Crippen LogP contribution in [0.15, 0.2) is 22.3 Å². The van der Waals surface area contributed by atoms with Crippen molar-refractivity contribution >= 4 is 34.6 Å². The predicted octanol–water partition coefficient (Wildman–Crippen LogP) is 2.80. The van der Waals surface area contributed by atoms with E-state index in [9.17, 15) is 4.79 Å². The lowest BCUT2D eigenvalue weighted by atomic mass is 10.1. The topological polar surface area (TPSA) is 46.5 Å². The maximum Gasteiger partial charge on any atom is 0.340 e. The van der Waals surface area contributed by atoms with Gasteiger partial charge in [-0.05, 0) is 21.8 Å². The van der Waals surface area contributed by atoms with Crippen LogP contribution in [0, 0.1) is 0 Å². The Hall–Kier alpha value is -1.04. The number of hydrogen-bond acceptors (Lipinski definition) is 2. The summed E-state index contributed by atoms with van der Waals surface area (Å²) in [5, 5.41) is 8.99. The van der Waals surface area contributed by atoms with E-state index in [0.29, 0.717) is 11.3 Å². The standard InChI is InChI=1S/C10H9IO3/c1-14-8-4-2-3-7(5-6-11)9(8)10(12)13/h2-6H,1H3,(H,12,13). The lowest BCUT2D eigenvalue weighted by Crippen LogP contribution is -2.02. The van der Waals surface area contributed by atoms with Crippen molar-refractivity contribution in [1.82, 2.24) is 0 Å². The second-order valence-electron chi connectivity index (χ2n) is 2.52. The molecule has 1 aromatic rings. The summed E-state index contributed by atoms with van der Waals surface area (Å²) in [6.07, 6.45) is 1.73. The van der Waals surface area contributed by atoms with Gasteiger partial charge in [0.15, 0.2) is 0 Å². The molecule has 0 saturated heterocycles. The molecule has 3 nitrogen and oxygen atoms in total. The van der Waals surface area contributed by atoms with Gasteiger partial charge in [-0.3, -0.25) is 0 Å². The normalized spacial score (nSPS) is 10.4. The largest absolute Gasteiger partial charge is 0.496 e. The van der Waals surface area contributed by atoms with Crippen LogP contribution in [-0.4, -0.2) is 18.2 Å². The van der Waals surface area contributed by atoms with E-state index in [0.717, 1.165) is 0 Å². The van der Waals surface area contributed by atoms with Crippen molar-refractivity contribution < 1.29 is 14.6 Å². The Kier molecular flexibility index (Phi) is 3.94. The van der Waals surface area contributed by atoms with Crippen LogP contribution >= 0.6 is 22.6 Å². The fourth-order valence-electron chi connectivity index (χ4n) is 1.15. The van der Waals surface area contributed by atoms with Crippen LogP contribution in [0.4, 0.5) is 0 Å². The van der Waals surface area contributed by atoms with E-state index in [-0.39, 0.29) is 5.56 Å². The fraction of sp³-hybridized carbons (Fsp3) is 0.100. The van der Waals surface area contributed by atoms with Crippen molar-refractivity contribution in [3.63, 3.8) is 0 Å². The first kappa shape index (κ1) is 11.0. The summed E-state index contributed by atoms with van der Waals surface area (Å²) in [6.45, 7) is 0. The lowest BCUT2D eigenvalue weighted by Gasteiger charge is -2.06. The zero-order valence-corrected chi connectivity index (χ0v) is 9.69. The number of methoxy groups -OCH3 is 1. The van der Waals surface area contributed by atoms with Crippen molar-refractivity contribution in [2.75, 3.05) is 7.11 Å². The fourth-order valence-corrected chi connectivity index (χ4v) is 1.54. The molecule has 0 atom stereocenters. The highest BCUT2D eigenvalue weighted by Gasteiger charge is 2.13. The van der Waals surface area contributed by atoms with Gasteiger partial charge in [-0.15, -0.1) is 0 Å². The molecule has 0 aliphatic carbocycles. The van der Waals surface area contributed by atoms with E-state index in [1.807, 2.05) is 22.6 Å². The van der Waals surface area contributed by atoms with Crippen LogP contribution in [0.3, 0.4) is 0 Å². The third kappa shape index (κ3) is 2.25. The molecule has 0 heterocycles. The van der Waals surface area contributed by atoms with Gasteiger partial charge in [-0.2, -0.15) is 0 Å². The number of rotatable bonds is 3. The maximum atomic E-state index is 11.0. The third-order valence-electron chi connectivity index (χ3n) is 1.73. The Morgan fingerprint density at radius 1 is 1.57 bits per heavy atom. The summed E-state index contributed by atoms with van der Waals surface area (Å²) in [5.74, 6) is -0.601. The third-order valence-corrected chi connectivity index (χ3v) is 2.09. The molecular weight excluding hydrogens is 295 g/mol. The molecule has 74 valence electrons. The van der Waals surface area contributed by atoms with Gasteiger partial charge in [0.25, 0.3) is 0 Å². The van der Waals surface area contributed by atoms with Crippen LogP contribution in [0.5, 0.6) is 5.75 Å². The highest BCUT2D eigenvalue weighted by molar-refractivity contribution is 14.1. The molecule has 0 saturated carbocycles. The Morgan fingerprint density at radius 2 is 2.29 bits per heavy atom. The summed E-state index contributed by atoms with van der Waals surface area (Å²) in [6, 6.07) is 5.13. The first-order valence-corrected chi connectivity index (χ1v) is 5.12. The molecule has 0 bridgehead atoms. The summed E-state index contributed by atoms with van der Waals surface area (Å²) >= 11 is 2.04. The number of ether oxygens (including phenoxy) is 1. The van der Waals surface area contributed by atoms with Crippen molar-refractivity contribution in [2.45, 2.75) is 0 Å². The zero-order valence-electron chi connectivity index (χ0n) is 7.53. The van der Waals surface area contributed by atoms with Crippen LogP contribution in [-0.2, 0) is 0 Å². The molecule has 0 radical (unpaired) electrons. The average molecular weight is 304 g/mol. The van der Waals surface area contributed by atoms with Gasteiger partial charge in [0, 0.05) is 0 Å². The molecule has 0 spiro atoms. The molecule has 0 amide bonds. The highest BCUT2D eigenvalue weighted by atomic mass is 127. The molecular formula is C10H9IO3. The first-order chi connectivity index (χ1) is 6.70. The summed E-state index contributed by atoms with van der Waals surface area (Å²) in [7, 11) is 1.46. The van der Waals surface area contributed by atoms with E-state index in [1.54, 1.807) is 28.4 Å². The summed E-state index contributed by atoms with van der Waals surface area (Å²) in [4.78, 5) is 11.0. The maximum absolute atomic E-state index is 11.0. The molecule has 0 aliphatic heterocycles. The van der Waals surface area contributed by atoms with Gasteiger partial charge in [0.05, 0.1) is 7.11 Å². The minimum absolute atomic E-state index is 0.197. The predicted molar refractivity (Wildman–Crippen MR) is 63.0 cm³/mol. The van der Waals surface area contributed by atoms with Crippen LogP contribution in [0.2, 0.25) is 0 Å². The molecule has 0 unspecified atom stereocenters. The van der Waals surface area contributed by atoms with Gasteiger partial charge < -0.3 is 9.84 Å². The van der Waals surface area contributed by atoms with Crippen LogP contribution in [0.25, 0.3) is 6.08 Å². The van der Waals surface area contributed by atoms with Crippen LogP contribution in [0.1, 0.15) is 15.9 Å². The van der Waals surface area contributed by atoms with Gasteiger partial charge in [-0.25, -0.2) is 4.79 Å². The molecule has 14 heavy (non-hydrogen) atoms. The van der Waals surface area contributed by atoms with Crippen molar-refractivity contribution in [1.29, 1.82) is 0 Å². The Bertz CT molecular complexity index is 372. The number of halogens is 1. The number of carboxylic acid groups (broad SMARTS) is 1. The Labute approximate surface area is 95.5 Å². The minimum atomic E-state index is -0.980.